The number of phosphoric acid groups is 1. The summed E-state index contributed by atoms with van der Waals surface area (Å²) in [6.45, 7) is 6.38. The van der Waals surface area contributed by atoms with Crippen molar-refractivity contribution in [2.75, 3.05) is 44.4 Å². The van der Waals surface area contributed by atoms with Gasteiger partial charge in [-0.2, -0.15) is 0 Å². The fourth-order valence-electron chi connectivity index (χ4n) is 5.02. The molecule has 4 rings (SSSR count). The predicted octanol–water partition coefficient (Wildman–Crippen LogP) is 2.63. The third-order valence-corrected chi connectivity index (χ3v) is 9.45. The number of hydrogen-bond acceptors (Lipinski definition) is 8. The number of benzene rings is 1. The number of aryl methyl sites for hydroxylation is 1. The number of fused-ring (bicyclic) bond motifs is 3. The first-order valence-electron chi connectivity index (χ1n) is 13.0. The first-order chi connectivity index (χ1) is 18.8. The van der Waals surface area contributed by atoms with E-state index < -0.39 is 17.7 Å². The van der Waals surface area contributed by atoms with Crippen LogP contribution in [0.2, 0.25) is 0 Å². The smallest absolute Gasteiger partial charge is 0.362 e. The Morgan fingerprint density at radius 1 is 1.23 bits per heavy atom. The molecule has 40 heavy (non-hydrogen) atoms. The van der Waals surface area contributed by atoms with Gasteiger partial charge >= 0.3 is 7.82 Å². The second-order valence-electron chi connectivity index (χ2n) is 10.1. The zero-order valence-electron chi connectivity index (χ0n) is 22.9. The van der Waals surface area contributed by atoms with E-state index in [9.17, 15) is 17.8 Å². The Bertz CT molecular complexity index is 1520. The van der Waals surface area contributed by atoms with E-state index in [1.54, 1.807) is 43.3 Å². The molecule has 1 aromatic carbocycles. The van der Waals surface area contributed by atoms with Crippen LogP contribution >= 0.6 is 7.82 Å². The molecule has 2 aromatic rings. The molecule has 1 aromatic heterocycles. The largest absolute Gasteiger partial charge is 0.469 e. The SMILES string of the molecule is CCS(=O)(=O)c1cccc(C2=CC(C(=O)NCCN(C)CCOP(=O)(O)O)=C(C)C3Nc4ncc(C)cc4C23)c1. The molecule has 2 unspecified atom stereocenters. The van der Waals surface area contributed by atoms with Gasteiger partial charge in [-0.3, -0.25) is 9.32 Å². The van der Waals surface area contributed by atoms with Crippen molar-refractivity contribution in [3.05, 3.63) is 70.4 Å². The van der Waals surface area contributed by atoms with E-state index in [0.29, 0.717) is 18.7 Å². The van der Waals surface area contributed by atoms with E-state index in [2.05, 4.69) is 26.2 Å². The monoisotopic (exact) mass is 590 g/mol. The van der Waals surface area contributed by atoms with E-state index in [4.69, 9.17) is 9.79 Å². The van der Waals surface area contributed by atoms with Gasteiger partial charge in [0, 0.05) is 42.9 Å². The molecule has 2 atom stereocenters. The number of nitrogens with one attached hydrogen (secondary N) is 2. The molecule has 11 nitrogen and oxygen atoms in total. The Hall–Kier alpha value is -2.86. The van der Waals surface area contributed by atoms with Crippen molar-refractivity contribution in [3.63, 3.8) is 0 Å². The number of pyridine rings is 1. The van der Waals surface area contributed by atoms with Crippen molar-refractivity contribution in [3.8, 4) is 0 Å². The highest BCUT2D eigenvalue weighted by atomic mass is 32.2. The summed E-state index contributed by atoms with van der Waals surface area (Å²) < 4.78 is 40.6. The fourth-order valence-corrected chi connectivity index (χ4v) is 6.26. The van der Waals surface area contributed by atoms with Crippen molar-refractivity contribution in [2.24, 2.45) is 0 Å². The first-order valence-corrected chi connectivity index (χ1v) is 16.1. The van der Waals surface area contributed by atoms with Crippen LogP contribution < -0.4 is 10.6 Å². The Morgan fingerprint density at radius 2 is 1.98 bits per heavy atom. The third-order valence-electron chi connectivity index (χ3n) is 7.20. The summed E-state index contributed by atoms with van der Waals surface area (Å²) in [5.74, 6) is 0.303. The van der Waals surface area contributed by atoms with E-state index in [1.165, 1.54) is 0 Å². The van der Waals surface area contributed by atoms with Crippen LogP contribution in [0.4, 0.5) is 5.82 Å². The van der Waals surface area contributed by atoms with Crippen molar-refractivity contribution >= 4 is 35.0 Å². The molecule has 2 aliphatic rings. The summed E-state index contributed by atoms with van der Waals surface area (Å²) in [7, 11) is -6.19. The highest BCUT2D eigenvalue weighted by Crippen LogP contribution is 2.49. The average molecular weight is 591 g/mol. The van der Waals surface area contributed by atoms with Gasteiger partial charge in [-0.1, -0.05) is 25.1 Å². The van der Waals surface area contributed by atoms with Crippen LogP contribution in [0, 0.1) is 6.92 Å². The van der Waals surface area contributed by atoms with Gasteiger partial charge in [-0.25, -0.2) is 18.0 Å². The molecule has 0 spiro atoms. The van der Waals surface area contributed by atoms with E-state index in [0.717, 1.165) is 33.7 Å². The minimum atomic E-state index is -4.52. The number of rotatable bonds is 11. The summed E-state index contributed by atoms with van der Waals surface area (Å²) in [4.78, 5) is 37.6. The minimum absolute atomic E-state index is 0.0123. The Morgan fingerprint density at radius 3 is 2.67 bits per heavy atom. The normalized spacial score (nSPS) is 18.7. The fraction of sp³-hybridized carbons (Fsp3) is 0.407. The van der Waals surface area contributed by atoms with Crippen LogP contribution in [0.25, 0.3) is 5.57 Å². The van der Waals surface area contributed by atoms with Crippen molar-refractivity contribution in [2.45, 2.75) is 37.6 Å². The zero-order valence-corrected chi connectivity index (χ0v) is 24.6. The van der Waals surface area contributed by atoms with E-state index in [1.807, 2.05) is 26.0 Å². The lowest BCUT2D eigenvalue weighted by atomic mass is 9.75. The molecule has 0 saturated carbocycles. The number of hydrogen-bond donors (Lipinski definition) is 4. The number of nitrogens with zero attached hydrogens (tertiary/aromatic N) is 2. The molecule has 4 N–H and O–H groups in total. The molecule has 0 saturated heterocycles. The van der Waals surface area contributed by atoms with Crippen molar-refractivity contribution in [1.82, 2.24) is 15.2 Å². The maximum Gasteiger partial charge on any atom is 0.469 e. The summed E-state index contributed by atoms with van der Waals surface area (Å²) in [5, 5.41) is 6.40. The van der Waals surface area contributed by atoms with Gasteiger partial charge in [0.05, 0.1) is 23.3 Å². The van der Waals surface area contributed by atoms with E-state index in [-0.39, 0.29) is 41.7 Å². The number of sulfone groups is 1. The lowest BCUT2D eigenvalue weighted by Crippen LogP contribution is -2.37. The molecule has 216 valence electrons. The minimum Gasteiger partial charge on any atom is -0.362 e. The second-order valence-corrected chi connectivity index (χ2v) is 13.6. The maximum atomic E-state index is 13.4. The Labute approximate surface area is 234 Å². The molecule has 1 aliphatic heterocycles. The summed E-state index contributed by atoms with van der Waals surface area (Å²) in [6, 6.07) is 8.69. The molecule has 1 amide bonds. The van der Waals surface area contributed by atoms with Gasteiger partial charge in [0.1, 0.15) is 5.82 Å². The van der Waals surface area contributed by atoms with Gasteiger partial charge in [-0.15, -0.1) is 0 Å². The number of anilines is 1. The first kappa shape index (κ1) is 30.1. The Balaban J connectivity index is 1.61. The quantitative estimate of drug-likeness (QED) is 0.287. The summed E-state index contributed by atoms with van der Waals surface area (Å²) in [5.41, 5.74) is 4.90. The van der Waals surface area contributed by atoms with Gasteiger partial charge < -0.3 is 25.3 Å². The number of amides is 1. The highest BCUT2D eigenvalue weighted by Gasteiger charge is 2.41. The molecule has 2 heterocycles. The van der Waals surface area contributed by atoms with Crippen LogP contribution in [-0.4, -0.2) is 79.1 Å². The summed E-state index contributed by atoms with van der Waals surface area (Å²) >= 11 is 0. The number of carbonyl (C=O) groups is 1. The lowest BCUT2D eigenvalue weighted by molar-refractivity contribution is -0.117. The molecule has 0 radical (unpaired) electrons. The van der Waals surface area contributed by atoms with Crippen LogP contribution in [0.1, 0.15) is 36.5 Å². The molecular formula is C27H35N4O7PS. The highest BCUT2D eigenvalue weighted by molar-refractivity contribution is 7.91. The van der Waals surface area contributed by atoms with Crippen LogP contribution in [-0.2, 0) is 23.7 Å². The van der Waals surface area contributed by atoms with Gasteiger partial charge in [0.25, 0.3) is 5.91 Å². The lowest BCUT2D eigenvalue weighted by Gasteiger charge is -2.30. The van der Waals surface area contributed by atoms with Crippen molar-refractivity contribution < 1.29 is 32.1 Å². The maximum absolute atomic E-state index is 13.4. The molecule has 1 aliphatic carbocycles. The standard InChI is InChI=1S/C27H35N4O7PS/c1-5-40(36,37)20-8-6-7-19(14-20)22-15-21(27(32)28-9-10-31(4)11-12-38-39(33,34)35)18(3)25-24(22)23-13-17(2)16-29-26(23)30-25/h6-8,13-16,24-25H,5,9-12H2,1-4H3,(H,28,32)(H,29,30)(H2,33,34,35). The summed E-state index contributed by atoms with van der Waals surface area (Å²) in [6.07, 6.45) is 3.63. The third kappa shape index (κ3) is 6.71. The number of phosphoric ester groups is 1. The van der Waals surface area contributed by atoms with Crippen molar-refractivity contribution in [1.29, 1.82) is 0 Å². The average Bonchev–Trinajstić information content (AvgIpc) is 3.27. The Kier molecular flexibility index (Phi) is 8.99. The topological polar surface area (TPSA) is 158 Å². The predicted molar refractivity (Wildman–Crippen MR) is 152 cm³/mol. The second kappa shape index (κ2) is 11.9. The zero-order chi connectivity index (χ0) is 29.2. The van der Waals surface area contributed by atoms with Gasteiger partial charge in [0.2, 0.25) is 0 Å². The van der Waals surface area contributed by atoms with Crippen LogP contribution in [0.5, 0.6) is 0 Å². The van der Waals surface area contributed by atoms with Gasteiger partial charge in [0.15, 0.2) is 9.84 Å². The molecule has 0 fully saturated rings. The number of likely N-dealkylation sites (N-methyl/N-ethyl adjacent to an activating group) is 1. The number of carbonyl (C=O) groups excluding carboxylic acids is 1. The molecule has 0 bridgehead atoms. The van der Waals surface area contributed by atoms with E-state index >= 15 is 0 Å². The van der Waals surface area contributed by atoms with Gasteiger partial charge in [-0.05, 0) is 61.4 Å². The van der Waals surface area contributed by atoms with Crippen LogP contribution in [0.3, 0.4) is 0 Å². The van der Waals surface area contributed by atoms with Crippen LogP contribution in [0.15, 0.2) is 58.6 Å². The molecular weight excluding hydrogens is 555 g/mol. The number of aromatic nitrogens is 1. The molecule has 13 heteroatoms.